The predicted molar refractivity (Wildman–Crippen MR) is 50.1 cm³/mol. The normalized spacial score (nSPS) is 29.0. The molecule has 1 aliphatic heterocycles. The van der Waals surface area contributed by atoms with E-state index in [9.17, 15) is 4.79 Å². The van der Waals surface area contributed by atoms with Crippen LogP contribution in [0.5, 0.6) is 0 Å². The van der Waals surface area contributed by atoms with Crippen LogP contribution in [0.15, 0.2) is 0 Å². The van der Waals surface area contributed by atoms with Crippen LogP contribution in [0.2, 0.25) is 0 Å². The summed E-state index contributed by atoms with van der Waals surface area (Å²) >= 11 is 3.04. The fraction of sp³-hybridized carbons (Fsp3) is 0.714. The molecule has 12 heavy (non-hydrogen) atoms. The number of carbonyl (C=O) groups is 1. The molecule has 0 saturated carbocycles. The van der Waals surface area contributed by atoms with Gasteiger partial charge in [-0.3, -0.25) is 4.79 Å². The van der Waals surface area contributed by atoms with Crippen LogP contribution in [0.25, 0.3) is 0 Å². The standard InChI is InChI=1S/C7H9NO2S2/c1-10-7(9)6-5(4-8)11-2-3-12-6/h5-6H,2-3H2,1H3/t5-,6+/m1/s1. The number of hydrogen-bond acceptors (Lipinski definition) is 5. The number of rotatable bonds is 1. The summed E-state index contributed by atoms with van der Waals surface area (Å²) in [7, 11) is 1.36. The van der Waals surface area contributed by atoms with Crippen molar-refractivity contribution in [3.8, 4) is 6.07 Å². The van der Waals surface area contributed by atoms with Crippen molar-refractivity contribution in [2.45, 2.75) is 10.5 Å². The molecule has 0 unspecified atom stereocenters. The summed E-state index contributed by atoms with van der Waals surface area (Å²) < 4.78 is 4.60. The van der Waals surface area contributed by atoms with Crippen molar-refractivity contribution in [1.29, 1.82) is 5.26 Å². The lowest BCUT2D eigenvalue weighted by Gasteiger charge is -2.23. The highest BCUT2D eigenvalue weighted by Crippen LogP contribution is 2.31. The van der Waals surface area contributed by atoms with Crippen LogP contribution in [0.4, 0.5) is 0 Å². The summed E-state index contributed by atoms with van der Waals surface area (Å²) in [4.78, 5) is 11.1. The molecule has 3 nitrogen and oxygen atoms in total. The Kier molecular flexibility index (Phi) is 3.76. The number of nitriles is 1. The fourth-order valence-electron chi connectivity index (χ4n) is 0.938. The quantitative estimate of drug-likeness (QED) is 0.593. The van der Waals surface area contributed by atoms with Crippen molar-refractivity contribution in [2.75, 3.05) is 18.6 Å². The first-order valence-corrected chi connectivity index (χ1v) is 5.60. The molecule has 0 bridgehead atoms. The van der Waals surface area contributed by atoms with Gasteiger partial charge in [0.15, 0.2) is 0 Å². The van der Waals surface area contributed by atoms with Crippen LogP contribution in [0, 0.1) is 11.3 Å². The van der Waals surface area contributed by atoms with E-state index in [-0.39, 0.29) is 16.5 Å². The summed E-state index contributed by atoms with van der Waals surface area (Å²) in [6.07, 6.45) is 0. The van der Waals surface area contributed by atoms with Gasteiger partial charge in [0.1, 0.15) is 10.5 Å². The van der Waals surface area contributed by atoms with Crippen molar-refractivity contribution >= 4 is 29.5 Å². The lowest BCUT2D eigenvalue weighted by atomic mass is 10.3. The monoisotopic (exact) mass is 203 g/mol. The summed E-state index contributed by atoms with van der Waals surface area (Å²) in [6, 6.07) is 2.11. The minimum atomic E-state index is -0.293. The van der Waals surface area contributed by atoms with Crippen LogP contribution in [0.3, 0.4) is 0 Å². The molecule has 0 N–H and O–H groups in total. The second-order valence-corrected chi connectivity index (χ2v) is 4.73. The average Bonchev–Trinajstić information content (AvgIpc) is 2.16. The molecule has 0 aromatic rings. The molecule has 1 aliphatic rings. The molecule has 0 aromatic carbocycles. The zero-order chi connectivity index (χ0) is 8.97. The fourth-order valence-corrected chi connectivity index (χ4v) is 3.52. The smallest absolute Gasteiger partial charge is 0.321 e. The first-order valence-electron chi connectivity index (χ1n) is 3.50. The largest absolute Gasteiger partial charge is 0.468 e. The maximum atomic E-state index is 11.1. The summed E-state index contributed by atoms with van der Waals surface area (Å²) in [5, 5.41) is 8.18. The van der Waals surface area contributed by atoms with E-state index in [1.54, 1.807) is 0 Å². The molecule has 1 rings (SSSR count). The number of hydrogen-bond donors (Lipinski definition) is 0. The van der Waals surface area contributed by atoms with Crippen LogP contribution in [0.1, 0.15) is 0 Å². The van der Waals surface area contributed by atoms with E-state index >= 15 is 0 Å². The van der Waals surface area contributed by atoms with E-state index < -0.39 is 0 Å². The number of nitrogens with zero attached hydrogens (tertiary/aromatic N) is 1. The van der Waals surface area contributed by atoms with Gasteiger partial charge >= 0.3 is 5.97 Å². The maximum Gasteiger partial charge on any atom is 0.321 e. The zero-order valence-electron chi connectivity index (χ0n) is 6.65. The highest BCUT2D eigenvalue weighted by Gasteiger charge is 2.32. The van der Waals surface area contributed by atoms with Crippen molar-refractivity contribution in [2.24, 2.45) is 0 Å². The van der Waals surface area contributed by atoms with E-state index in [1.807, 2.05) is 0 Å². The van der Waals surface area contributed by atoms with Gasteiger partial charge in [-0.2, -0.15) is 5.26 Å². The second-order valence-electron chi connectivity index (χ2n) is 2.24. The topological polar surface area (TPSA) is 50.1 Å². The minimum absolute atomic E-state index is 0.240. The number of ether oxygens (including phenoxy) is 1. The first-order chi connectivity index (χ1) is 5.79. The summed E-state index contributed by atoms with van der Waals surface area (Å²) in [5.41, 5.74) is 0. The minimum Gasteiger partial charge on any atom is -0.468 e. The van der Waals surface area contributed by atoms with Gasteiger partial charge in [-0.1, -0.05) is 0 Å². The van der Waals surface area contributed by atoms with Crippen molar-refractivity contribution in [1.82, 2.24) is 0 Å². The molecular formula is C7H9NO2S2. The number of carbonyl (C=O) groups excluding carboxylic acids is 1. The van der Waals surface area contributed by atoms with E-state index in [1.165, 1.54) is 30.6 Å². The third-order valence-electron chi connectivity index (χ3n) is 1.51. The molecule has 5 heteroatoms. The number of thioether (sulfide) groups is 2. The third kappa shape index (κ3) is 2.08. The van der Waals surface area contributed by atoms with Gasteiger partial charge < -0.3 is 4.74 Å². The van der Waals surface area contributed by atoms with Gasteiger partial charge in [0.05, 0.1) is 13.2 Å². The average molecular weight is 203 g/mol. The van der Waals surface area contributed by atoms with Crippen molar-refractivity contribution in [3.05, 3.63) is 0 Å². The Morgan fingerprint density at radius 3 is 2.83 bits per heavy atom. The molecule has 1 heterocycles. The van der Waals surface area contributed by atoms with Crippen LogP contribution >= 0.6 is 23.5 Å². The molecule has 0 spiro atoms. The molecule has 1 saturated heterocycles. The van der Waals surface area contributed by atoms with E-state index in [0.717, 1.165) is 11.5 Å². The number of methoxy groups -OCH3 is 1. The van der Waals surface area contributed by atoms with Gasteiger partial charge in [-0.05, 0) is 0 Å². The van der Waals surface area contributed by atoms with Crippen molar-refractivity contribution < 1.29 is 9.53 Å². The van der Waals surface area contributed by atoms with Gasteiger partial charge in [0.2, 0.25) is 0 Å². The Labute approximate surface area is 79.8 Å². The van der Waals surface area contributed by atoms with Gasteiger partial charge in [-0.15, -0.1) is 23.5 Å². The molecule has 0 amide bonds. The highest BCUT2D eigenvalue weighted by molar-refractivity contribution is 8.07. The highest BCUT2D eigenvalue weighted by atomic mass is 32.2. The molecular weight excluding hydrogens is 194 g/mol. The van der Waals surface area contributed by atoms with E-state index in [0.29, 0.717) is 0 Å². The molecule has 2 atom stereocenters. The Hall–Kier alpha value is -0.340. The summed E-state index contributed by atoms with van der Waals surface area (Å²) in [6.45, 7) is 0. The maximum absolute atomic E-state index is 11.1. The van der Waals surface area contributed by atoms with E-state index in [2.05, 4.69) is 10.8 Å². The van der Waals surface area contributed by atoms with Crippen LogP contribution in [-0.4, -0.2) is 35.1 Å². The second kappa shape index (κ2) is 4.63. The Balaban J connectivity index is 2.60. The molecule has 0 radical (unpaired) electrons. The molecule has 1 fully saturated rings. The van der Waals surface area contributed by atoms with Gasteiger partial charge in [-0.25, -0.2) is 0 Å². The predicted octanol–water partition coefficient (Wildman–Crippen LogP) is 0.900. The molecule has 0 aromatic heterocycles. The number of esters is 1. The Bertz CT molecular complexity index is 214. The lowest BCUT2D eigenvalue weighted by molar-refractivity contribution is -0.139. The zero-order valence-corrected chi connectivity index (χ0v) is 8.28. The van der Waals surface area contributed by atoms with Gasteiger partial charge in [0.25, 0.3) is 0 Å². The Morgan fingerprint density at radius 2 is 2.25 bits per heavy atom. The molecule has 66 valence electrons. The first kappa shape index (κ1) is 9.75. The Morgan fingerprint density at radius 1 is 1.58 bits per heavy atom. The summed E-state index contributed by atoms with van der Waals surface area (Å²) in [5.74, 6) is 1.58. The van der Waals surface area contributed by atoms with Crippen LogP contribution < -0.4 is 0 Å². The van der Waals surface area contributed by atoms with Crippen molar-refractivity contribution in [3.63, 3.8) is 0 Å². The van der Waals surface area contributed by atoms with Gasteiger partial charge in [0, 0.05) is 11.5 Å². The third-order valence-corrected chi connectivity index (χ3v) is 4.38. The lowest BCUT2D eigenvalue weighted by Crippen LogP contribution is -2.32. The van der Waals surface area contributed by atoms with Crippen LogP contribution in [-0.2, 0) is 9.53 Å². The SMILES string of the molecule is COC(=O)[C@H]1SCCS[C@@H]1C#N. The van der Waals surface area contributed by atoms with E-state index in [4.69, 9.17) is 5.26 Å². The molecule has 0 aliphatic carbocycles.